The van der Waals surface area contributed by atoms with E-state index in [0.717, 1.165) is 32.6 Å². The molecule has 1 saturated heterocycles. The number of morpholine rings is 1. The molecule has 1 fully saturated rings. The largest absolute Gasteiger partial charge is 0.378 e. The van der Waals surface area contributed by atoms with Crippen LogP contribution in [0.1, 0.15) is 18.4 Å². The fourth-order valence-electron chi connectivity index (χ4n) is 3.34. The van der Waals surface area contributed by atoms with E-state index in [0.29, 0.717) is 12.1 Å². The highest BCUT2D eigenvalue weighted by atomic mass is 28.3. The standard InChI is InChI=1S/C20H27NOSi/c1-23(2,3)11-7-10-18-12-19-15-22-16-20(13-18)21(19)14-17-8-5-4-6-9-17/h4-6,8-9,12,19-20H,10,13-16H2,1-3H3. The normalized spacial score (nSPS) is 24.6. The lowest BCUT2D eigenvalue weighted by Crippen LogP contribution is -2.53. The first-order chi connectivity index (χ1) is 11.0. The van der Waals surface area contributed by atoms with Crippen LogP contribution in [-0.4, -0.2) is 38.3 Å². The molecule has 0 spiro atoms. The number of nitrogens with zero attached hydrogens (tertiary/aromatic N) is 1. The summed E-state index contributed by atoms with van der Waals surface area (Å²) in [7, 11) is -1.26. The Morgan fingerprint density at radius 2 is 1.96 bits per heavy atom. The van der Waals surface area contributed by atoms with Gasteiger partial charge < -0.3 is 4.74 Å². The van der Waals surface area contributed by atoms with Crippen molar-refractivity contribution in [1.29, 1.82) is 0 Å². The summed E-state index contributed by atoms with van der Waals surface area (Å²) in [6, 6.07) is 11.7. The molecule has 2 nitrogen and oxygen atoms in total. The van der Waals surface area contributed by atoms with Crippen molar-refractivity contribution >= 4 is 8.07 Å². The average Bonchev–Trinajstić information content (AvgIpc) is 2.47. The van der Waals surface area contributed by atoms with Crippen LogP contribution in [0, 0.1) is 11.5 Å². The van der Waals surface area contributed by atoms with Crippen LogP contribution < -0.4 is 0 Å². The molecule has 0 saturated carbocycles. The fourth-order valence-corrected chi connectivity index (χ4v) is 3.96. The summed E-state index contributed by atoms with van der Waals surface area (Å²) in [6.45, 7) is 9.60. The van der Waals surface area contributed by atoms with Gasteiger partial charge in [-0.2, -0.15) is 0 Å². The van der Waals surface area contributed by atoms with Crippen LogP contribution >= 0.6 is 0 Å². The van der Waals surface area contributed by atoms with Crippen LogP contribution in [0.5, 0.6) is 0 Å². The highest BCUT2D eigenvalue weighted by Crippen LogP contribution is 2.29. The van der Waals surface area contributed by atoms with Gasteiger partial charge in [-0.15, -0.1) is 11.5 Å². The highest BCUT2D eigenvalue weighted by Gasteiger charge is 2.34. The maximum Gasteiger partial charge on any atom is 0.129 e. The molecule has 0 amide bonds. The molecule has 2 unspecified atom stereocenters. The number of hydrogen-bond acceptors (Lipinski definition) is 2. The van der Waals surface area contributed by atoms with Gasteiger partial charge in [0.25, 0.3) is 0 Å². The molecule has 2 bridgehead atoms. The molecule has 122 valence electrons. The first-order valence-electron chi connectivity index (χ1n) is 8.58. The summed E-state index contributed by atoms with van der Waals surface area (Å²) in [5.41, 5.74) is 6.39. The third kappa shape index (κ3) is 4.57. The Balaban J connectivity index is 1.70. The molecule has 2 atom stereocenters. The van der Waals surface area contributed by atoms with Crippen molar-refractivity contribution in [3.63, 3.8) is 0 Å². The van der Waals surface area contributed by atoms with Gasteiger partial charge in [-0.25, -0.2) is 0 Å². The summed E-state index contributed by atoms with van der Waals surface area (Å²) in [5.74, 6) is 3.43. The van der Waals surface area contributed by atoms with Gasteiger partial charge in [0.2, 0.25) is 0 Å². The number of fused-ring (bicyclic) bond motifs is 2. The summed E-state index contributed by atoms with van der Waals surface area (Å²) < 4.78 is 5.80. The van der Waals surface area contributed by atoms with Gasteiger partial charge in [0.15, 0.2) is 0 Å². The molecule has 2 aliphatic rings. The topological polar surface area (TPSA) is 12.5 Å². The zero-order valence-electron chi connectivity index (χ0n) is 14.5. The zero-order chi connectivity index (χ0) is 16.3. The molecule has 0 N–H and O–H groups in total. The second-order valence-electron chi connectivity index (χ2n) is 7.67. The van der Waals surface area contributed by atoms with Crippen molar-refractivity contribution in [3.05, 3.63) is 47.5 Å². The second kappa shape index (κ2) is 7.05. The van der Waals surface area contributed by atoms with E-state index in [1.807, 2.05) is 0 Å². The van der Waals surface area contributed by atoms with Gasteiger partial charge in [0.05, 0.1) is 19.3 Å². The lowest BCUT2D eigenvalue weighted by molar-refractivity contribution is -0.0439. The van der Waals surface area contributed by atoms with E-state index in [2.05, 4.69) is 72.4 Å². The Bertz CT molecular complexity index is 621. The predicted molar refractivity (Wildman–Crippen MR) is 98.8 cm³/mol. The first kappa shape index (κ1) is 16.5. The van der Waals surface area contributed by atoms with E-state index in [1.54, 1.807) is 0 Å². The lowest BCUT2D eigenvalue weighted by Gasteiger charge is -2.44. The maximum absolute atomic E-state index is 5.80. The lowest BCUT2D eigenvalue weighted by atomic mass is 9.92. The molecule has 0 aliphatic carbocycles. The average molecular weight is 326 g/mol. The molecule has 23 heavy (non-hydrogen) atoms. The van der Waals surface area contributed by atoms with Crippen molar-refractivity contribution in [1.82, 2.24) is 4.90 Å². The fraction of sp³-hybridized carbons (Fsp3) is 0.500. The minimum absolute atomic E-state index is 0.409. The number of rotatable bonds is 3. The third-order valence-corrected chi connectivity index (χ3v) is 5.33. The molecule has 0 aromatic heterocycles. The Hall–Kier alpha value is -1.34. The van der Waals surface area contributed by atoms with Gasteiger partial charge in [0, 0.05) is 19.0 Å². The Morgan fingerprint density at radius 3 is 2.65 bits per heavy atom. The second-order valence-corrected chi connectivity index (χ2v) is 12.4. The molecule has 2 heterocycles. The van der Waals surface area contributed by atoms with Crippen LogP contribution in [0.15, 0.2) is 42.0 Å². The van der Waals surface area contributed by atoms with Crippen LogP contribution in [-0.2, 0) is 11.3 Å². The van der Waals surface area contributed by atoms with Crippen molar-refractivity contribution in [3.8, 4) is 11.5 Å². The van der Waals surface area contributed by atoms with Gasteiger partial charge in [-0.05, 0) is 12.0 Å². The number of hydrogen-bond donors (Lipinski definition) is 0. The molecule has 1 aromatic carbocycles. The zero-order valence-corrected chi connectivity index (χ0v) is 15.5. The summed E-state index contributed by atoms with van der Waals surface area (Å²) in [6.07, 6.45) is 4.46. The van der Waals surface area contributed by atoms with E-state index in [-0.39, 0.29) is 0 Å². The third-order valence-electron chi connectivity index (χ3n) is 4.41. The van der Waals surface area contributed by atoms with Crippen LogP contribution in [0.3, 0.4) is 0 Å². The van der Waals surface area contributed by atoms with Crippen LogP contribution in [0.4, 0.5) is 0 Å². The summed E-state index contributed by atoms with van der Waals surface area (Å²) in [4.78, 5) is 2.61. The van der Waals surface area contributed by atoms with Crippen molar-refractivity contribution in [2.45, 2.75) is 51.1 Å². The minimum atomic E-state index is -1.26. The molecular formula is C20H27NOSi. The van der Waals surface area contributed by atoms with Crippen molar-refractivity contribution < 1.29 is 4.74 Å². The van der Waals surface area contributed by atoms with Gasteiger partial charge in [0.1, 0.15) is 8.07 Å². The smallest absolute Gasteiger partial charge is 0.129 e. The Morgan fingerprint density at radius 1 is 1.17 bits per heavy atom. The summed E-state index contributed by atoms with van der Waals surface area (Å²) in [5, 5.41) is 0. The van der Waals surface area contributed by atoms with Crippen LogP contribution in [0.2, 0.25) is 19.6 Å². The van der Waals surface area contributed by atoms with Crippen molar-refractivity contribution in [2.24, 2.45) is 0 Å². The van der Waals surface area contributed by atoms with E-state index in [4.69, 9.17) is 4.74 Å². The van der Waals surface area contributed by atoms with Gasteiger partial charge >= 0.3 is 0 Å². The van der Waals surface area contributed by atoms with Crippen LogP contribution in [0.25, 0.3) is 0 Å². The van der Waals surface area contributed by atoms with E-state index < -0.39 is 8.07 Å². The Kier molecular flexibility index (Phi) is 5.06. The monoisotopic (exact) mass is 325 g/mol. The molecule has 2 aliphatic heterocycles. The first-order valence-corrected chi connectivity index (χ1v) is 12.1. The number of benzene rings is 1. The molecule has 3 heteroatoms. The van der Waals surface area contributed by atoms with Crippen molar-refractivity contribution in [2.75, 3.05) is 13.2 Å². The summed E-state index contributed by atoms with van der Waals surface area (Å²) >= 11 is 0. The molecule has 1 aromatic rings. The molecular weight excluding hydrogens is 298 g/mol. The predicted octanol–water partition coefficient (Wildman–Crippen LogP) is 3.86. The SMILES string of the molecule is C[Si](C)(C)C#CCC1=CC2COCC(C1)N2Cc1ccccc1. The van der Waals surface area contributed by atoms with E-state index in [1.165, 1.54) is 11.1 Å². The van der Waals surface area contributed by atoms with E-state index >= 15 is 0 Å². The van der Waals surface area contributed by atoms with Gasteiger partial charge in [-0.1, -0.05) is 61.6 Å². The Labute approximate surface area is 141 Å². The number of ether oxygens (including phenoxy) is 1. The highest BCUT2D eigenvalue weighted by molar-refractivity contribution is 6.83. The molecule has 3 rings (SSSR count). The van der Waals surface area contributed by atoms with E-state index in [9.17, 15) is 0 Å². The quantitative estimate of drug-likeness (QED) is 0.475. The molecule has 0 radical (unpaired) electrons. The van der Waals surface area contributed by atoms with Gasteiger partial charge in [-0.3, -0.25) is 4.90 Å². The minimum Gasteiger partial charge on any atom is -0.378 e. The maximum atomic E-state index is 5.80.